The second-order valence-corrected chi connectivity index (χ2v) is 4.43. The number of hydrogen-bond donors (Lipinski definition) is 1. The summed E-state index contributed by atoms with van der Waals surface area (Å²) in [6.45, 7) is 6.86. The third kappa shape index (κ3) is 3.72. The molecule has 0 aliphatic rings. The zero-order valence-electron chi connectivity index (χ0n) is 10.7. The molecule has 1 unspecified atom stereocenters. The van der Waals surface area contributed by atoms with Crippen LogP contribution in [0.25, 0.3) is 0 Å². The van der Waals surface area contributed by atoms with Gasteiger partial charge in [-0.3, -0.25) is 4.98 Å². The predicted molar refractivity (Wildman–Crippen MR) is 69.6 cm³/mol. The third-order valence-corrected chi connectivity index (χ3v) is 2.66. The number of aromatic nitrogens is 1. The van der Waals surface area contributed by atoms with Gasteiger partial charge >= 0.3 is 0 Å². The normalized spacial score (nSPS) is 12.2. The molecule has 0 amide bonds. The van der Waals surface area contributed by atoms with Gasteiger partial charge in [0.25, 0.3) is 0 Å². The van der Waals surface area contributed by atoms with Crippen molar-refractivity contribution < 1.29 is 0 Å². The van der Waals surface area contributed by atoms with Crippen LogP contribution in [0.3, 0.4) is 0 Å². The summed E-state index contributed by atoms with van der Waals surface area (Å²) >= 11 is 0. The molecule has 0 saturated heterocycles. The van der Waals surface area contributed by atoms with Crippen LogP contribution in [-0.4, -0.2) is 17.6 Å². The molecule has 1 heterocycles. The van der Waals surface area contributed by atoms with Crippen LogP contribution in [0.4, 0.5) is 5.69 Å². The Labute approximate surface area is 103 Å². The smallest absolute Gasteiger partial charge is 0.0640 e. The minimum absolute atomic E-state index is 0.0457. The van der Waals surface area contributed by atoms with Crippen LogP contribution in [0, 0.1) is 11.3 Å². The summed E-state index contributed by atoms with van der Waals surface area (Å²) in [6, 6.07) is 6.44. The van der Waals surface area contributed by atoms with Crippen molar-refractivity contribution in [3.8, 4) is 6.07 Å². The summed E-state index contributed by atoms with van der Waals surface area (Å²) in [6.07, 6.45) is 2.35. The Bertz CT molecular complexity index is 375. The number of rotatable bonds is 5. The molecule has 2 N–H and O–H groups in total. The van der Waals surface area contributed by atoms with E-state index in [4.69, 9.17) is 11.0 Å². The number of nitrogens with two attached hydrogens (primary N) is 1. The van der Waals surface area contributed by atoms with Gasteiger partial charge in [0, 0.05) is 18.6 Å². The van der Waals surface area contributed by atoms with E-state index in [1.165, 1.54) is 0 Å². The van der Waals surface area contributed by atoms with Crippen molar-refractivity contribution in [3.05, 3.63) is 24.0 Å². The van der Waals surface area contributed by atoms with Crippen LogP contribution in [-0.2, 0) is 0 Å². The number of nitrogens with zero attached hydrogens (tertiary/aromatic N) is 3. The third-order valence-electron chi connectivity index (χ3n) is 2.66. The summed E-state index contributed by atoms with van der Waals surface area (Å²) < 4.78 is 0. The highest BCUT2D eigenvalue weighted by molar-refractivity contribution is 5.45. The molecular weight excluding hydrogens is 212 g/mol. The molecule has 92 valence electrons. The van der Waals surface area contributed by atoms with Crippen molar-refractivity contribution in [2.45, 2.75) is 39.3 Å². The second kappa shape index (κ2) is 6.21. The first-order valence-corrected chi connectivity index (χ1v) is 5.91. The SMILES string of the molecule is CC(N)c1ccc(N(CCC#N)C(C)C)cn1. The van der Waals surface area contributed by atoms with Gasteiger partial charge in [-0.05, 0) is 32.9 Å². The van der Waals surface area contributed by atoms with Crippen LogP contribution in [0.15, 0.2) is 18.3 Å². The van der Waals surface area contributed by atoms with Gasteiger partial charge in [-0.1, -0.05) is 0 Å². The molecule has 4 nitrogen and oxygen atoms in total. The van der Waals surface area contributed by atoms with E-state index >= 15 is 0 Å². The predicted octanol–water partition coefficient (Wildman–Crippen LogP) is 2.23. The van der Waals surface area contributed by atoms with Crippen LogP contribution in [0.1, 0.15) is 38.9 Å². The van der Waals surface area contributed by atoms with Crippen molar-refractivity contribution >= 4 is 5.69 Å². The van der Waals surface area contributed by atoms with Gasteiger partial charge < -0.3 is 10.6 Å². The molecule has 0 spiro atoms. The monoisotopic (exact) mass is 232 g/mol. The van der Waals surface area contributed by atoms with Crippen molar-refractivity contribution in [3.63, 3.8) is 0 Å². The van der Waals surface area contributed by atoms with E-state index in [2.05, 4.69) is 29.8 Å². The lowest BCUT2D eigenvalue weighted by atomic mass is 10.2. The van der Waals surface area contributed by atoms with Crippen LogP contribution in [0.2, 0.25) is 0 Å². The highest BCUT2D eigenvalue weighted by atomic mass is 15.2. The Balaban J connectivity index is 2.84. The Morgan fingerprint density at radius 2 is 2.12 bits per heavy atom. The minimum atomic E-state index is -0.0457. The van der Waals surface area contributed by atoms with Crippen LogP contribution in [0.5, 0.6) is 0 Å². The van der Waals surface area contributed by atoms with E-state index in [0.29, 0.717) is 12.5 Å². The zero-order chi connectivity index (χ0) is 12.8. The lowest BCUT2D eigenvalue weighted by Crippen LogP contribution is -2.31. The molecule has 0 radical (unpaired) electrons. The van der Waals surface area contributed by atoms with E-state index in [1.54, 1.807) is 0 Å². The maximum absolute atomic E-state index is 8.65. The number of hydrogen-bond acceptors (Lipinski definition) is 4. The summed E-state index contributed by atoms with van der Waals surface area (Å²) in [5.74, 6) is 0. The molecule has 1 aromatic heterocycles. The minimum Gasteiger partial charge on any atom is -0.367 e. The number of pyridine rings is 1. The molecule has 0 aliphatic carbocycles. The van der Waals surface area contributed by atoms with Gasteiger partial charge in [-0.2, -0.15) is 5.26 Å². The first kappa shape index (κ1) is 13.5. The van der Waals surface area contributed by atoms with Crippen molar-refractivity contribution in [2.75, 3.05) is 11.4 Å². The average molecular weight is 232 g/mol. The largest absolute Gasteiger partial charge is 0.367 e. The molecule has 0 bridgehead atoms. The molecule has 0 fully saturated rings. The fourth-order valence-electron chi connectivity index (χ4n) is 1.69. The fourth-order valence-corrected chi connectivity index (χ4v) is 1.69. The molecule has 0 aliphatic heterocycles. The van der Waals surface area contributed by atoms with Gasteiger partial charge in [0.1, 0.15) is 0 Å². The molecule has 4 heteroatoms. The summed E-state index contributed by atoms with van der Waals surface area (Å²) in [5, 5.41) is 8.65. The lowest BCUT2D eigenvalue weighted by Gasteiger charge is -2.28. The maximum Gasteiger partial charge on any atom is 0.0640 e. The van der Waals surface area contributed by atoms with E-state index < -0.39 is 0 Å². The lowest BCUT2D eigenvalue weighted by molar-refractivity contribution is 0.683. The number of nitriles is 1. The van der Waals surface area contributed by atoms with Gasteiger partial charge in [-0.15, -0.1) is 0 Å². The molecule has 1 atom stereocenters. The standard InChI is InChI=1S/C13H20N4/c1-10(2)17(8-4-7-14)12-5-6-13(11(3)15)16-9-12/h5-6,9-11H,4,8,15H2,1-3H3. The van der Waals surface area contributed by atoms with Gasteiger partial charge in [0.2, 0.25) is 0 Å². The molecule has 1 rings (SSSR count). The molecule has 0 saturated carbocycles. The molecule has 1 aromatic rings. The first-order chi connectivity index (χ1) is 8.06. The second-order valence-electron chi connectivity index (χ2n) is 4.43. The molecule has 0 aromatic carbocycles. The molecular formula is C13H20N4. The summed E-state index contributed by atoms with van der Waals surface area (Å²) in [5.41, 5.74) is 7.69. The van der Waals surface area contributed by atoms with Crippen molar-refractivity contribution in [1.82, 2.24) is 4.98 Å². The van der Waals surface area contributed by atoms with E-state index in [9.17, 15) is 0 Å². The highest BCUT2D eigenvalue weighted by Gasteiger charge is 2.11. The van der Waals surface area contributed by atoms with Crippen LogP contribution >= 0.6 is 0 Å². The Hall–Kier alpha value is -1.60. The highest BCUT2D eigenvalue weighted by Crippen LogP contribution is 2.18. The number of anilines is 1. The summed E-state index contributed by atoms with van der Waals surface area (Å²) in [4.78, 5) is 6.51. The van der Waals surface area contributed by atoms with Crippen molar-refractivity contribution in [2.24, 2.45) is 5.73 Å². The van der Waals surface area contributed by atoms with Gasteiger partial charge in [0.15, 0.2) is 0 Å². The van der Waals surface area contributed by atoms with E-state index in [-0.39, 0.29) is 6.04 Å². The molecule has 17 heavy (non-hydrogen) atoms. The quantitative estimate of drug-likeness (QED) is 0.845. The zero-order valence-corrected chi connectivity index (χ0v) is 10.7. The fraction of sp³-hybridized carbons (Fsp3) is 0.538. The maximum atomic E-state index is 8.65. The van der Waals surface area contributed by atoms with E-state index in [1.807, 2.05) is 25.3 Å². The van der Waals surface area contributed by atoms with Gasteiger partial charge in [0.05, 0.1) is 30.1 Å². The van der Waals surface area contributed by atoms with Crippen LogP contribution < -0.4 is 10.6 Å². The van der Waals surface area contributed by atoms with Crippen molar-refractivity contribution in [1.29, 1.82) is 5.26 Å². The average Bonchev–Trinajstić information content (AvgIpc) is 2.29. The summed E-state index contributed by atoms with van der Waals surface area (Å²) in [7, 11) is 0. The Morgan fingerprint density at radius 1 is 1.41 bits per heavy atom. The van der Waals surface area contributed by atoms with Gasteiger partial charge in [-0.25, -0.2) is 0 Å². The Morgan fingerprint density at radius 3 is 2.53 bits per heavy atom. The Kier molecular flexibility index (Phi) is 4.92. The first-order valence-electron chi connectivity index (χ1n) is 5.91. The topological polar surface area (TPSA) is 65.9 Å². The van der Waals surface area contributed by atoms with E-state index in [0.717, 1.165) is 17.9 Å².